The zero-order valence-corrected chi connectivity index (χ0v) is 11.6. The lowest BCUT2D eigenvalue weighted by atomic mass is 9.89. The Kier molecular flexibility index (Phi) is 3.73. The van der Waals surface area contributed by atoms with Gasteiger partial charge in [0.1, 0.15) is 11.8 Å². The quantitative estimate of drug-likeness (QED) is 0.393. The van der Waals surface area contributed by atoms with Gasteiger partial charge >= 0.3 is 0 Å². The molecule has 1 aromatic carbocycles. The van der Waals surface area contributed by atoms with Crippen molar-refractivity contribution in [3.05, 3.63) is 59.3 Å². The normalized spacial score (nSPS) is 18.1. The van der Waals surface area contributed by atoms with E-state index in [-0.39, 0.29) is 11.9 Å². The number of oxime groups is 1. The van der Waals surface area contributed by atoms with Gasteiger partial charge in [0.05, 0.1) is 0 Å². The highest BCUT2D eigenvalue weighted by Gasteiger charge is 2.21. The molecule has 2 aromatic rings. The van der Waals surface area contributed by atoms with Crippen LogP contribution in [0.25, 0.3) is 0 Å². The molecular weight excluding hydrogens is 266 g/mol. The first kappa shape index (κ1) is 13.4. The van der Waals surface area contributed by atoms with Gasteiger partial charge in [0.15, 0.2) is 5.84 Å². The van der Waals surface area contributed by atoms with E-state index in [4.69, 9.17) is 15.7 Å². The highest BCUT2D eigenvalue weighted by atomic mass is 16.5. The zero-order valence-electron chi connectivity index (χ0n) is 11.6. The van der Waals surface area contributed by atoms with Gasteiger partial charge in [-0.15, -0.1) is 0 Å². The molecule has 1 aliphatic carbocycles. The van der Waals surface area contributed by atoms with E-state index in [1.54, 1.807) is 18.2 Å². The van der Waals surface area contributed by atoms with E-state index in [0.717, 1.165) is 19.3 Å². The van der Waals surface area contributed by atoms with Crippen LogP contribution in [0.15, 0.2) is 47.6 Å². The summed E-state index contributed by atoms with van der Waals surface area (Å²) in [6.07, 6.45) is 3.16. The summed E-state index contributed by atoms with van der Waals surface area (Å²) in [6.45, 7) is 0. The molecule has 3 N–H and O–H groups in total. The SMILES string of the molecule is NC(=NO)c1cccc(OC2CCCc3ccccc32)n1. The van der Waals surface area contributed by atoms with Crippen LogP contribution in [0.3, 0.4) is 0 Å². The first-order chi connectivity index (χ1) is 10.3. The summed E-state index contributed by atoms with van der Waals surface area (Å²) in [5.74, 6) is 0.463. The molecule has 1 aliphatic rings. The number of aromatic nitrogens is 1. The van der Waals surface area contributed by atoms with Crippen LogP contribution in [-0.4, -0.2) is 16.0 Å². The Morgan fingerprint density at radius 2 is 2.10 bits per heavy atom. The van der Waals surface area contributed by atoms with Gasteiger partial charge < -0.3 is 15.7 Å². The molecule has 0 saturated carbocycles. The van der Waals surface area contributed by atoms with Crippen molar-refractivity contribution in [3.63, 3.8) is 0 Å². The fourth-order valence-corrected chi connectivity index (χ4v) is 2.65. The number of amidine groups is 1. The molecule has 0 bridgehead atoms. The van der Waals surface area contributed by atoms with Crippen LogP contribution in [0.1, 0.15) is 35.8 Å². The highest BCUT2D eigenvalue weighted by molar-refractivity contribution is 5.95. The Morgan fingerprint density at radius 3 is 2.95 bits per heavy atom. The van der Waals surface area contributed by atoms with E-state index < -0.39 is 0 Å². The summed E-state index contributed by atoms with van der Waals surface area (Å²) in [4.78, 5) is 4.27. The third kappa shape index (κ3) is 2.81. The number of nitrogens with two attached hydrogens (primary N) is 1. The van der Waals surface area contributed by atoms with Crippen molar-refractivity contribution in [1.29, 1.82) is 0 Å². The van der Waals surface area contributed by atoms with E-state index >= 15 is 0 Å². The molecule has 21 heavy (non-hydrogen) atoms. The van der Waals surface area contributed by atoms with E-state index in [1.165, 1.54) is 11.1 Å². The number of benzene rings is 1. The average molecular weight is 283 g/mol. The molecule has 0 amide bonds. The molecule has 1 aromatic heterocycles. The van der Waals surface area contributed by atoms with Gasteiger partial charge in [-0.1, -0.05) is 35.5 Å². The Labute approximate surface area is 123 Å². The lowest BCUT2D eigenvalue weighted by molar-refractivity contribution is 0.175. The molecule has 0 radical (unpaired) electrons. The van der Waals surface area contributed by atoms with Crippen LogP contribution < -0.4 is 10.5 Å². The molecule has 1 unspecified atom stereocenters. The number of nitrogens with zero attached hydrogens (tertiary/aromatic N) is 2. The molecule has 0 aliphatic heterocycles. The summed E-state index contributed by atoms with van der Waals surface area (Å²) >= 11 is 0. The molecule has 5 heteroatoms. The van der Waals surface area contributed by atoms with Crippen molar-refractivity contribution in [3.8, 4) is 5.88 Å². The number of hydrogen-bond acceptors (Lipinski definition) is 4. The van der Waals surface area contributed by atoms with Crippen LogP contribution in [0, 0.1) is 0 Å². The number of ether oxygens (including phenoxy) is 1. The number of fused-ring (bicyclic) bond motifs is 1. The van der Waals surface area contributed by atoms with Crippen LogP contribution in [0.2, 0.25) is 0 Å². The van der Waals surface area contributed by atoms with Gasteiger partial charge in [-0.2, -0.15) is 0 Å². The first-order valence-electron chi connectivity index (χ1n) is 6.97. The predicted molar refractivity (Wildman–Crippen MR) is 79.5 cm³/mol. The minimum Gasteiger partial charge on any atom is -0.469 e. The highest BCUT2D eigenvalue weighted by Crippen LogP contribution is 2.32. The molecule has 0 spiro atoms. The maximum atomic E-state index is 8.71. The Balaban J connectivity index is 1.85. The van der Waals surface area contributed by atoms with Crippen LogP contribution >= 0.6 is 0 Å². The molecule has 108 valence electrons. The average Bonchev–Trinajstić information content (AvgIpc) is 2.55. The monoisotopic (exact) mass is 283 g/mol. The Morgan fingerprint density at radius 1 is 1.24 bits per heavy atom. The smallest absolute Gasteiger partial charge is 0.214 e. The van der Waals surface area contributed by atoms with E-state index in [1.807, 2.05) is 6.07 Å². The minimum atomic E-state index is -0.0236. The fourth-order valence-electron chi connectivity index (χ4n) is 2.65. The predicted octanol–water partition coefficient (Wildman–Crippen LogP) is 2.63. The van der Waals surface area contributed by atoms with Crippen molar-refractivity contribution in [2.24, 2.45) is 10.9 Å². The summed E-state index contributed by atoms with van der Waals surface area (Å²) < 4.78 is 6.01. The van der Waals surface area contributed by atoms with Crippen molar-refractivity contribution in [2.45, 2.75) is 25.4 Å². The largest absolute Gasteiger partial charge is 0.469 e. The zero-order chi connectivity index (χ0) is 14.7. The minimum absolute atomic E-state index is 0.00462. The third-order valence-corrected chi connectivity index (χ3v) is 3.67. The molecule has 1 atom stereocenters. The van der Waals surface area contributed by atoms with E-state index in [9.17, 15) is 0 Å². The second kappa shape index (κ2) is 5.83. The van der Waals surface area contributed by atoms with E-state index in [2.05, 4.69) is 28.3 Å². The molecule has 1 heterocycles. The second-order valence-corrected chi connectivity index (χ2v) is 5.04. The van der Waals surface area contributed by atoms with Gasteiger partial charge in [-0.3, -0.25) is 0 Å². The number of rotatable bonds is 3. The van der Waals surface area contributed by atoms with Crippen molar-refractivity contribution < 1.29 is 9.94 Å². The summed E-state index contributed by atoms with van der Waals surface area (Å²) in [6, 6.07) is 13.6. The maximum Gasteiger partial charge on any atom is 0.214 e. The number of aryl methyl sites for hydroxylation is 1. The first-order valence-corrected chi connectivity index (χ1v) is 6.97. The number of hydrogen-bond donors (Lipinski definition) is 2. The molecule has 0 saturated heterocycles. The Hall–Kier alpha value is -2.56. The van der Waals surface area contributed by atoms with Crippen LogP contribution in [0.5, 0.6) is 5.88 Å². The van der Waals surface area contributed by atoms with Gasteiger partial charge in [0.2, 0.25) is 5.88 Å². The van der Waals surface area contributed by atoms with Crippen molar-refractivity contribution in [2.75, 3.05) is 0 Å². The van der Waals surface area contributed by atoms with Crippen molar-refractivity contribution >= 4 is 5.84 Å². The fraction of sp³-hybridized carbons (Fsp3) is 0.250. The third-order valence-electron chi connectivity index (χ3n) is 3.67. The van der Waals surface area contributed by atoms with Crippen LogP contribution in [-0.2, 0) is 6.42 Å². The van der Waals surface area contributed by atoms with Crippen molar-refractivity contribution in [1.82, 2.24) is 4.98 Å². The van der Waals surface area contributed by atoms with Gasteiger partial charge in [-0.25, -0.2) is 4.98 Å². The maximum absolute atomic E-state index is 8.71. The molecule has 0 fully saturated rings. The van der Waals surface area contributed by atoms with Gasteiger partial charge in [0.25, 0.3) is 0 Å². The summed E-state index contributed by atoms with van der Waals surface area (Å²) in [5.41, 5.74) is 8.51. The lowest BCUT2D eigenvalue weighted by Gasteiger charge is -2.25. The summed E-state index contributed by atoms with van der Waals surface area (Å²) in [7, 11) is 0. The molecule has 3 rings (SSSR count). The number of pyridine rings is 1. The second-order valence-electron chi connectivity index (χ2n) is 5.04. The van der Waals surface area contributed by atoms with Crippen LogP contribution in [0.4, 0.5) is 0 Å². The summed E-state index contributed by atoms with van der Waals surface area (Å²) in [5, 5.41) is 11.7. The van der Waals surface area contributed by atoms with E-state index in [0.29, 0.717) is 11.6 Å². The molecular formula is C16H17N3O2. The van der Waals surface area contributed by atoms with Gasteiger partial charge in [-0.05, 0) is 36.5 Å². The Bertz CT molecular complexity index is 670. The molecule has 5 nitrogen and oxygen atoms in total. The topological polar surface area (TPSA) is 80.7 Å². The lowest BCUT2D eigenvalue weighted by Crippen LogP contribution is -2.18. The van der Waals surface area contributed by atoms with Gasteiger partial charge in [0, 0.05) is 6.07 Å². The standard InChI is InChI=1S/C16H17N3O2/c17-16(19-20)13-8-4-10-15(18-13)21-14-9-3-6-11-5-1-2-7-12(11)14/h1-2,4-5,7-8,10,14,20H,3,6,9H2,(H2,17,19).